The van der Waals surface area contributed by atoms with Crippen LogP contribution in [-0.4, -0.2) is 34.8 Å². The van der Waals surface area contributed by atoms with Crippen LogP contribution in [0.3, 0.4) is 0 Å². The molecule has 7 heteroatoms. The maximum absolute atomic E-state index is 11.9. The van der Waals surface area contributed by atoms with Crippen LogP contribution in [0.4, 0.5) is 0 Å². The Morgan fingerprint density at radius 2 is 1.84 bits per heavy atom. The number of hydrogen-bond donors (Lipinski definition) is 1. The van der Waals surface area contributed by atoms with Gasteiger partial charge in [-0.3, -0.25) is 14.4 Å². The van der Waals surface area contributed by atoms with Crippen molar-refractivity contribution in [1.82, 2.24) is 15.1 Å². The molecule has 0 bridgehead atoms. The fraction of sp³-hybridized carbons (Fsp3) is 0.333. The first kappa shape index (κ1) is 18.4. The molecule has 0 aliphatic heterocycles. The minimum atomic E-state index is -0.527. The minimum absolute atomic E-state index is 0.237. The number of carbonyl (C=O) groups excluding carboxylic acids is 2. The summed E-state index contributed by atoms with van der Waals surface area (Å²) in [7, 11) is 0. The van der Waals surface area contributed by atoms with Gasteiger partial charge >= 0.3 is 5.97 Å². The number of nitrogens with one attached hydrogen (secondary N) is 1. The summed E-state index contributed by atoms with van der Waals surface area (Å²) in [5.74, 6) is -1.01. The Kier molecular flexibility index (Phi) is 6.45. The van der Waals surface area contributed by atoms with E-state index in [2.05, 4.69) is 17.3 Å². The van der Waals surface area contributed by atoms with Gasteiger partial charge in [-0.1, -0.05) is 31.2 Å². The van der Waals surface area contributed by atoms with Crippen molar-refractivity contribution in [3.63, 3.8) is 0 Å². The van der Waals surface area contributed by atoms with Crippen molar-refractivity contribution >= 4 is 11.9 Å². The highest BCUT2D eigenvalue weighted by molar-refractivity contribution is 5.81. The highest BCUT2D eigenvalue weighted by atomic mass is 16.5. The molecule has 1 aromatic heterocycles. The molecule has 0 unspecified atom stereocenters. The molecule has 1 amide bonds. The molecule has 2 rings (SSSR count). The molecule has 1 aromatic carbocycles. The van der Waals surface area contributed by atoms with Gasteiger partial charge in [-0.25, -0.2) is 4.68 Å². The summed E-state index contributed by atoms with van der Waals surface area (Å²) >= 11 is 0. The quantitative estimate of drug-likeness (QED) is 0.762. The van der Waals surface area contributed by atoms with Crippen LogP contribution in [0.1, 0.15) is 19.4 Å². The molecule has 0 atom stereocenters. The lowest BCUT2D eigenvalue weighted by atomic mass is 10.1. The predicted molar refractivity (Wildman–Crippen MR) is 93.0 cm³/mol. The molecule has 132 valence electrons. The van der Waals surface area contributed by atoms with Crippen molar-refractivity contribution in [2.75, 3.05) is 13.2 Å². The summed E-state index contributed by atoms with van der Waals surface area (Å²) in [5, 5.41) is 6.63. The number of benzene rings is 1. The van der Waals surface area contributed by atoms with Gasteiger partial charge in [0, 0.05) is 11.6 Å². The van der Waals surface area contributed by atoms with E-state index in [9.17, 15) is 14.4 Å². The van der Waals surface area contributed by atoms with Crippen LogP contribution in [-0.2, 0) is 27.3 Å². The van der Waals surface area contributed by atoms with E-state index in [1.165, 1.54) is 11.6 Å². The van der Waals surface area contributed by atoms with Gasteiger partial charge in [0.05, 0.1) is 12.3 Å². The summed E-state index contributed by atoms with van der Waals surface area (Å²) in [5.41, 5.74) is 2.27. The third kappa shape index (κ3) is 5.27. The molecule has 25 heavy (non-hydrogen) atoms. The van der Waals surface area contributed by atoms with Crippen molar-refractivity contribution in [2.24, 2.45) is 0 Å². The molecule has 0 saturated carbocycles. The smallest absolute Gasteiger partial charge is 0.325 e. The molecule has 0 saturated heterocycles. The Morgan fingerprint density at radius 1 is 1.12 bits per heavy atom. The number of hydrogen-bond acceptors (Lipinski definition) is 5. The van der Waals surface area contributed by atoms with Crippen LogP contribution >= 0.6 is 0 Å². The first-order valence-corrected chi connectivity index (χ1v) is 8.13. The maximum Gasteiger partial charge on any atom is 0.325 e. The molecule has 2 aromatic rings. The standard InChI is InChI=1S/C18H21N3O4/c1-3-13-5-7-14(8-6-13)15-9-10-17(23)21(20-15)12-16(22)19-11-18(24)25-4-2/h5-10H,3-4,11-12H2,1-2H3,(H,19,22). The molecular formula is C18H21N3O4. The number of esters is 1. The van der Waals surface area contributed by atoms with E-state index in [1.807, 2.05) is 24.3 Å². The van der Waals surface area contributed by atoms with E-state index in [-0.39, 0.29) is 25.3 Å². The summed E-state index contributed by atoms with van der Waals surface area (Å²) in [4.78, 5) is 35.0. The molecular weight excluding hydrogens is 322 g/mol. The monoisotopic (exact) mass is 343 g/mol. The van der Waals surface area contributed by atoms with E-state index < -0.39 is 11.9 Å². The SMILES string of the molecule is CCOC(=O)CNC(=O)Cn1nc(-c2ccc(CC)cc2)ccc1=O. The largest absolute Gasteiger partial charge is 0.465 e. The lowest BCUT2D eigenvalue weighted by Gasteiger charge is -2.08. The Labute approximate surface area is 145 Å². The van der Waals surface area contributed by atoms with Crippen molar-refractivity contribution in [1.29, 1.82) is 0 Å². The van der Waals surface area contributed by atoms with Crippen LogP contribution in [0.25, 0.3) is 11.3 Å². The van der Waals surface area contributed by atoms with Crippen LogP contribution in [0, 0.1) is 0 Å². The molecule has 1 N–H and O–H groups in total. The van der Waals surface area contributed by atoms with E-state index in [4.69, 9.17) is 4.74 Å². The number of amides is 1. The number of aryl methyl sites for hydroxylation is 1. The van der Waals surface area contributed by atoms with Gasteiger partial charge in [0.2, 0.25) is 5.91 Å². The highest BCUT2D eigenvalue weighted by Crippen LogP contribution is 2.16. The fourth-order valence-electron chi connectivity index (χ4n) is 2.20. The van der Waals surface area contributed by atoms with E-state index in [0.29, 0.717) is 5.69 Å². The second kappa shape index (κ2) is 8.77. The van der Waals surface area contributed by atoms with Crippen molar-refractivity contribution in [3.05, 3.63) is 52.3 Å². The Balaban J connectivity index is 2.09. The van der Waals surface area contributed by atoms with Gasteiger partial charge in [0.1, 0.15) is 13.1 Å². The minimum Gasteiger partial charge on any atom is -0.465 e. The summed E-state index contributed by atoms with van der Waals surface area (Å²) in [6.07, 6.45) is 0.938. The normalized spacial score (nSPS) is 10.3. The van der Waals surface area contributed by atoms with Crippen LogP contribution in [0.5, 0.6) is 0 Å². The van der Waals surface area contributed by atoms with Crippen LogP contribution in [0.2, 0.25) is 0 Å². The first-order chi connectivity index (χ1) is 12.0. The molecule has 1 heterocycles. The average Bonchev–Trinajstić information content (AvgIpc) is 2.62. The van der Waals surface area contributed by atoms with Gasteiger partial charge in [-0.15, -0.1) is 0 Å². The topological polar surface area (TPSA) is 90.3 Å². The average molecular weight is 343 g/mol. The summed E-state index contributed by atoms with van der Waals surface area (Å²) < 4.78 is 5.80. The highest BCUT2D eigenvalue weighted by Gasteiger charge is 2.10. The molecule has 0 spiro atoms. The summed E-state index contributed by atoms with van der Waals surface area (Å²) in [6, 6.07) is 10.8. The zero-order valence-electron chi connectivity index (χ0n) is 14.3. The van der Waals surface area contributed by atoms with Gasteiger partial charge in [0.25, 0.3) is 5.56 Å². The third-order valence-electron chi connectivity index (χ3n) is 3.55. The molecule has 0 aliphatic carbocycles. The number of ether oxygens (including phenoxy) is 1. The van der Waals surface area contributed by atoms with E-state index in [0.717, 1.165) is 16.7 Å². The van der Waals surface area contributed by atoms with Gasteiger partial charge < -0.3 is 10.1 Å². The molecule has 0 radical (unpaired) electrons. The number of rotatable bonds is 7. The number of aromatic nitrogens is 2. The Hall–Kier alpha value is -2.96. The predicted octanol–water partition coefficient (Wildman–Crippen LogP) is 1.15. The number of nitrogens with zero attached hydrogens (tertiary/aromatic N) is 2. The third-order valence-corrected chi connectivity index (χ3v) is 3.55. The molecule has 0 fully saturated rings. The first-order valence-electron chi connectivity index (χ1n) is 8.13. The lowest BCUT2D eigenvalue weighted by molar-refractivity contribution is -0.143. The van der Waals surface area contributed by atoms with E-state index in [1.54, 1.807) is 13.0 Å². The molecule has 0 aliphatic rings. The second-order valence-corrected chi connectivity index (χ2v) is 5.35. The van der Waals surface area contributed by atoms with Crippen molar-refractivity contribution in [2.45, 2.75) is 26.8 Å². The summed E-state index contributed by atoms with van der Waals surface area (Å²) in [6.45, 7) is 3.50. The zero-order valence-corrected chi connectivity index (χ0v) is 14.3. The van der Waals surface area contributed by atoms with E-state index >= 15 is 0 Å². The van der Waals surface area contributed by atoms with Crippen LogP contribution in [0.15, 0.2) is 41.2 Å². The maximum atomic E-state index is 11.9. The van der Waals surface area contributed by atoms with Crippen LogP contribution < -0.4 is 10.9 Å². The molecule has 7 nitrogen and oxygen atoms in total. The lowest BCUT2D eigenvalue weighted by Crippen LogP contribution is -2.36. The van der Waals surface area contributed by atoms with Gasteiger partial charge in [0.15, 0.2) is 0 Å². The number of carbonyl (C=O) groups is 2. The second-order valence-electron chi connectivity index (χ2n) is 5.35. The Bertz CT molecular complexity index is 797. The zero-order chi connectivity index (χ0) is 18.2. The van der Waals surface area contributed by atoms with Crippen molar-refractivity contribution < 1.29 is 14.3 Å². The fourth-order valence-corrected chi connectivity index (χ4v) is 2.20. The Morgan fingerprint density at radius 3 is 2.48 bits per heavy atom. The van der Waals surface area contributed by atoms with Gasteiger partial charge in [-0.05, 0) is 25.0 Å². The van der Waals surface area contributed by atoms with Gasteiger partial charge in [-0.2, -0.15) is 5.10 Å². The van der Waals surface area contributed by atoms with Crippen molar-refractivity contribution in [3.8, 4) is 11.3 Å².